The summed E-state index contributed by atoms with van der Waals surface area (Å²) < 4.78 is 0. The summed E-state index contributed by atoms with van der Waals surface area (Å²) in [5.74, 6) is -3.72. The van der Waals surface area contributed by atoms with Crippen molar-refractivity contribution >= 4 is 70.1 Å². The molecule has 0 saturated carbocycles. The lowest BCUT2D eigenvalue weighted by Gasteiger charge is -2.49. The molecule has 12 nitrogen and oxygen atoms in total. The number of nitrogen functional groups attached to an aromatic ring is 1. The number of nitrogens with one attached hydrogen (secondary N) is 1. The van der Waals surface area contributed by atoms with Gasteiger partial charge in [0.1, 0.15) is 22.8 Å². The topological polar surface area (TPSA) is 185 Å². The third kappa shape index (κ3) is 4.81. The molecule has 2 amide bonds. The van der Waals surface area contributed by atoms with Crippen LogP contribution in [0.1, 0.15) is 5.69 Å². The Kier molecular flexibility index (Phi) is 7.65. The number of aromatic nitrogens is 1. The van der Waals surface area contributed by atoms with E-state index < -0.39 is 41.8 Å². The third-order valence-corrected chi connectivity index (χ3v) is 6.03. The minimum absolute atomic E-state index is 0. The molecule has 3 heterocycles. The number of amides is 2. The first-order chi connectivity index (χ1) is 14.2. The zero-order chi connectivity index (χ0) is 22.0. The molecule has 5 N–H and O–H groups in total. The average Bonchev–Trinajstić information content (AvgIpc) is 3.13. The number of fused-ring (bicyclic) bond motifs is 1. The van der Waals surface area contributed by atoms with Crippen molar-refractivity contribution < 1.29 is 34.2 Å². The second-order valence-electron chi connectivity index (χ2n) is 5.92. The number of nitrogens with zero attached hydrogens (tertiary/aromatic N) is 3. The highest BCUT2D eigenvalue weighted by molar-refractivity contribution is 8.00. The van der Waals surface area contributed by atoms with E-state index in [0.717, 1.165) is 16.2 Å². The smallest absolute Gasteiger partial charge is 0.352 e. The molecule has 31 heavy (non-hydrogen) atoms. The molecule has 1 saturated heterocycles. The summed E-state index contributed by atoms with van der Waals surface area (Å²) in [6, 6.07) is -1.01. The molecular formula is C16H16ClN5O7S2. The fourth-order valence-corrected chi connectivity index (χ4v) is 4.65. The van der Waals surface area contributed by atoms with Gasteiger partial charge in [-0.1, -0.05) is 17.8 Å². The molecule has 15 heteroatoms. The molecule has 0 aromatic carbocycles. The number of anilines is 1. The van der Waals surface area contributed by atoms with Gasteiger partial charge in [0.15, 0.2) is 10.8 Å². The van der Waals surface area contributed by atoms with E-state index in [9.17, 15) is 24.3 Å². The Morgan fingerprint density at radius 1 is 1.45 bits per heavy atom. The molecule has 2 aliphatic rings. The van der Waals surface area contributed by atoms with Gasteiger partial charge in [0.05, 0.1) is 0 Å². The molecule has 3 rings (SSSR count). The number of nitrogens with two attached hydrogens (primary N) is 1. The van der Waals surface area contributed by atoms with Crippen molar-refractivity contribution in [2.45, 2.75) is 11.4 Å². The van der Waals surface area contributed by atoms with Gasteiger partial charge in [-0.05, 0) is 5.57 Å². The van der Waals surface area contributed by atoms with E-state index >= 15 is 0 Å². The van der Waals surface area contributed by atoms with Crippen molar-refractivity contribution in [2.24, 2.45) is 5.16 Å². The molecular weight excluding hydrogens is 474 g/mol. The average molecular weight is 490 g/mol. The van der Waals surface area contributed by atoms with Gasteiger partial charge in [-0.2, -0.15) is 0 Å². The van der Waals surface area contributed by atoms with Gasteiger partial charge in [-0.25, -0.2) is 14.6 Å². The molecule has 1 aromatic rings. The summed E-state index contributed by atoms with van der Waals surface area (Å²) in [6.45, 7) is 2.77. The number of rotatable bonds is 8. The van der Waals surface area contributed by atoms with E-state index in [1.807, 2.05) is 0 Å². The van der Waals surface area contributed by atoms with Gasteiger partial charge in [0, 0.05) is 11.1 Å². The van der Waals surface area contributed by atoms with Gasteiger partial charge in [-0.15, -0.1) is 35.5 Å². The SMILES string of the molecule is C=CC1=C(C(=O)O)N2C(=O)C(NC(=O)C(=NOCC(=O)O)c3csc(N)n3)[C@H]2SC1.Cl. The minimum atomic E-state index is -1.30. The Morgan fingerprint density at radius 3 is 2.71 bits per heavy atom. The highest BCUT2D eigenvalue weighted by Crippen LogP contribution is 2.40. The van der Waals surface area contributed by atoms with E-state index in [2.05, 4.69) is 26.9 Å². The van der Waals surface area contributed by atoms with Crippen LogP contribution < -0.4 is 11.1 Å². The van der Waals surface area contributed by atoms with Crippen LogP contribution in [0.25, 0.3) is 0 Å². The highest BCUT2D eigenvalue weighted by Gasteiger charge is 2.54. The van der Waals surface area contributed by atoms with Crippen molar-refractivity contribution in [1.82, 2.24) is 15.2 Å². The lowest BCUT2D eigenvalue weighted by Crippen LogP contribution is -2.71. The normalized spacial score (nSPS) is 20.2. The Balaban J connectivity index is 0.00000341. The lowest BCUT2D eigenvalue weighted by atomic mass is 10.0. The van der Waals surface area contributed by atoms with Crippen molar-refractivity contribution in [2.75, 3.05) is 18.1 Å². The number of oxime groups is 1. The van der Waals surface area contributed by atoms with Crippen molar-refractivity contribution in [3.8, 4) is 0 Å². The number of carbonyl (C=O) groups is 4. The molecule has 1 aromatic heterocycles. The first-order valence-corrected chi connectivity index (χ1v) is 10.1. The van der Waals surface area contributed by atoms with Crippen LogP contribution in [0.5, 0.6) is 0 Å². The first-order valence-electron chi connectivity index (χ1n) is 8.22. The number of halogens is 1. The van der Waals surface area contributed by atoms with Crippen LogP contribution in [0.2, 0.25) is 0 Å². The number of thiazole rings is 1. The predicted molar refractivity (Wildman–Crippen MR) is 114 cm³/mol. The first kappa shape index (κ1) is 24.2. The van der Waals surface area contributed by atoms with Gasteiger partial charge in [0.25, 0.3) is 11.8 Å². The number of carboxylic acid groups (broad SMARTS) is 2. The molecule has 0 aliphatic carbocycles. The molecule has 0 radical (unpaired) electrons. The quantitative estimate of drug-likeness (QED) is 0.218. The fraction of sp³-hybridized carbons (Fsp3) is 0.250. The van der Waals surface area contributed by atoms with E-state index in [0.29, 0.717) is 11.3 Å². The number of thioether (sulfide) groups is 1. The largest absolute Gasteiger partial charge is 0.479 e. The van der Waals surface area contributed by atoms with E-state index in [-0.39, 0.29) is 34.6 Å². The zero-order valence-corrected chi connectivity index (χ0v) is 18.0. The fourth-order valence-electron chi connectivity index (χ4n) is 2.76. The van der Waals surface area contributed by atoms with Crippen molar-refractivity contribution in [3.05, 3.63) is 35.0 Å². The van der Waals surface area contributed by atoms with Crippen LogP contribution in [-0.2, 0) is 24.0 Å². The number of aliphatic carboxylic acids is 2. The standard InChI is InChI=1S/C16H15N5O7S2.ClH/c1-2-6-4-29-14-10(13(25)21(14)11(6)15(26)27)19-12(24)9(20-28-3-8(22)23)7-5-30-16(17)18-7;/h2,5,10,14H,1,3-4H2,(H2,17,18)(H,19,24)(H,22,23)(H,26,27);1H/t10?,14-;/m1./s1. The van der Waals surface area contributed by atoms with Gasteiger partial charge >= 0.3 is 11.9 Å². The van der Waals surface area contributed by atoms with Crippen LogP contribution >= 0.6 is 35.5 Å². The Bertz CT molecular complexity index is 1010. The maximum atomic E-state index is 12.7. The van der Waals surface area contributed by atoms with E-state index in [1.165, 1.54) is 23.2 Å². The molecule has 1 fully saturated rings. The maximum Gasteiger partial charge on any atom is 0.352 e. The van der Waals surface area contributed by atoms with Crippen LogP contribution in [0, 0.1) is 0 Å². The second kappa shape index (κ2) is 9.80. The Labute approximate surface area is 189 Å². The summed E-state index contributed by atoms with van der Waals surface area (Å²) in [5, 5.41) is 25.0. The number of carbonyl (C=O) groups excluding carboxylic acids is 2. The number of β-lactam (4-membered cyclic amide) rings is 1. The number of allylic oxidation sites excluding steroid dienone is 1. The molecule has 0 bridgehead atoms. The molecule has 0 spiro atoms. The van der Waals surface area contributed by atoms with Crippen LogP contribution in [0.15, 0.2) is 34.5 Å². The number of carboxylic acids is 2. The maximum absolute atomic E-state index is 12.7. The molecule has 1 unspecified atom stereocenters. The second-order valence-corrected chi connectivity index (χ2v) is 7.92. The monoisotopic (exact) mass is 489 g/mol. The van der Waals surface area contributed by atoms with Crippen LogP contribution in [0.4, 0.5) is 5.13 Å². The van der Waals surface area contributed by atoms with Gasteiger partial charge in [-0.3, -0.25) is 14.5 Å². The highest BCUT2D eigenvalue weighted by atomic mass is 35.5. The van der Waals surface area contributed by atoms with E-state index in [4.69, 9.17) is 10.8 Å². The van der Waals surface area contributed by atoms with Gasteiger partial charge < -0.3 is 26.1 Å². The summed E-state index contributed by atoms with van der Waals surface area (Å²) in [5.41, 5.74) is 5.48. The summed E-state index contributed by atoms with van der Waals surface area (Å²) in [7, 11) is 0. The Morgan fingerprint density at radius 2 is 2.16 bits per heavy atom. The van der Waals surface area contributed by atoms with Gasteiger partial charge in [0.2, 0.25) is 6.61 Å². The summed E-state index contributed by atoms with van der Waals surface area (Å²) in [6.07, 6.45) is 1.38. The molecule has 2 aliphatic heterocycles. The third-order valence-electron chi connectivity index (χ3n) is 4.06. The van der Waals surface area contributed by atoms with Crippen molar-refractivity contribution in [3.63, 3.8) is 0 Å². The lowest BCUT2D eigenvalue weighted by molar-refractivity contribution is -0.150. The minimum Gasteiger partial charge on any atom is -0.479 e. The molecule has 166 valence electrons. The van der Waals surface area contributed by atoms with Crippen LogP contribution in [0.3, 0.4) is 0 Å². The number of hydrogen-bond acceptors (Lipinski definition) is 10. The summed E-state index contributed by atoms with van der Waals surface area (Å²) in [4.78, 5) is 57.1. The Hall–Kier alpha value is -3.10. The van der Waals surface area contributed by atoms with E-state index in [1.54, 1.807) is 0 Å². The zero-order valence-electron chi connectivity index (χ0n) is 15.5. The number of hydrogen-bond donors (Lipinski definition) is 4. The molecule has 2 atom stereocenters. The summed E-state index contributed by atoms with van der Waals surface area (Å²) >= 11 is 2.30. The van der Waals surface area contributed by atoms with Crippen LogP contribution in [-0.4, -0.2) is 73.3 Å². The predicted octanol–water partition coefficient (Wildman–Crippen LogP) is -0.123. The van der Waals surface area contributed by atoms with Crippen molar-refractivity contribution in [1.29, 1.82) is 0 Å².